The van der Waals surface area contributed by atoms with Crippen molar-refractivity contribution in [3.8, 4) is 0 Å². The summed E-state index contributed by atoms with van der Waals surface area (Å²) in [6, 6.07) is 0. The van der Waals surface area contributed by atoms with Crippen LogP contribution in [0.1, 0.15) is 97.3 Å². The molecule has 0 amide bonds. The number of esters is 1. The number of nitrogens with two attached hydrogens (primary N) is 2. The highest BCUT2D eigenvalue weighted by atomic mass is 16.6. The lowest BCUT2D eigenvalue weighted by atomic mass is 9.51. The number of carbonyl (C=O) groups is 2. The van der Waals surface area contributed by atoms with E-state index in [2.05, 4.69) is 17.6 Å². The van der Waals surface area contributed by atoms with Gasteiger partial charge in [0, 0.05) is 18.3 Å². The van der Waals surface area contributed by atoms with Gasteiger partial charge in [-0.25, -0.2) is 4.79 Å². The summed E-state index contributed by atoms with van der Waals surface area (Å²) in [5, 5.41) is 51.8. The molecule has 9 fully saturated rings. The molecular weight excluding hydrogens is 741 g/mol. The van der Waals surface area contributed by atoms with Crippen LogP contribution in [-0.2, 0) is 23.8 Å². The summed E-state index contributed by atoms with van der Waals surface area (Å²) in [5.74, 6) is -0.00355. The summed E-state index contributed by atoms with van der Waals surface area (Å²) in [6.45, 7) is 4.75. The van der Waals surface area contributed by atoms with Crippen LogP contribution in [0.5, 0.6) is 0 Å². The lowest BCUT2D eigenvalue weighted by Crippen LogP contribution is -2.72. The summed E-state index contributed by atoms with van der Waals surface area (Å²) >= 11 is 0. The Morgan fingerprint density at radius 1 is 0.845 bits per heavy atom. The van der Waals surface area contributed by atoms with Crippen LogP contribution in [0, 0.1) is 76.9 Å². The molecule has 4 bridgehead atoms. The van der Waals surface area contributed by atoms with Gasteiger partial charge in [0.15, 0.2) is 0 Å². The molecule has 5 saturated heterocycles. The highest BCUT2D eigenvalue weighted by Crippen LogP contribution is 2.62. The number of ether oxygens (including phenoxy) is 3. The Bertz CT molecular complexity index is 1550. The Hall–Kier alpha value is -1.52. The summed E-state index contributed by atoms with van der Waals surface area (Å²) < 4.78 is 21.4. The van der Waals surface area contributed by atoms with Crippen molar-refractivity contribution in [2.45, 2.75) is 152 Å². The number of allylic oxidation sites excluding steroid dienone is 1. The maximum absolute atomic E-state index is 14.3. The van der Waals surface area contributed by atoms with Gasteiger partial charge < -0.3 is 56.7 Å². The number of piperidine rings is 2. The van der Waals surface area contributed by atoms with E-state index in [0.717, 1.165) is 83.7 Å². The van der Waals surface area contributed by atoms with Gasteiger partial charge in [0.25, 0.3) is 0 Å². The van der Waals surface area contributed by atoms with Crippen molar-refractivity contribution in [3.63, 3.8) is 0 Å². The zero-order valence-electron chi connectivity index (χ0n) is 34.7. The molecule has 13 heteroatoms. The van der Waals surface area contributed by atoms with E-state index in [1.807, 2.05) is 0 Å². The molecule has 10 N–H and O–H groups in total. The first kappa shape index (κ1) is 41.8. The van der Waals surface area contributed by atoms with E-state index in [-0.39, 0.29) is 84.2 Å². The average molecular weight is 813 g/mol. The Kier molecular flexibility index (Phi) is 12.0. The number of carbonyl (C=O) groups excluding carboxylic acids is 2. The summed E-state index contributed by atoms with van der Waals surface area (Å²) in [4.78, 5) is 28.3. The van der Waals surface area contributed by atoms with E-state index in [9.17, 15) is 30.0 Å². The molecule has 58 heavy (non-hydrogen) atoms. The van der Waals surface area contributed by atoms with Gasteiger partial charge in [-0.3, -0.25) is 4.79 Å². The molecule has 0 radical (unpaired) electrons. The lowest BCUT2D eigenvalue weighted by molar-refractivity contribution is -0.312. The first-order valence-corrected chi connectivity index (χ1v) is 23.2. The Morgan fingerprint density at radius 2 is 1.60 bits per heavy atom. The smallest absolute Gasteiger partial charge is 0.336 e. The molecule has 0 spiro atoms. The monoisotopic (exact) mass is 813 g/mol. The number of aliphatic hydroxyl groups is 4. The number of rotatable bonds is 4. The van der Waals surface area contributed by atoms with Gasteiger partial charge in [-0.2, -0.15) is 0 Å². The molecule has 9 rings (SSSR count). The van der Waals surface area contributed by atoms with E-state index < -0.39 is 60.5 Å². The Morgan fingerprint density at radius 3 is 2.38 bits per heavy atom. The molecule has 4 saturated carbocycles. The first-order chi connectivity index (χ1) is 27.9. The fourth-order valence-corrected chi connectivity index (χ4v) is 15.5. The number of fused-ring (bicyclic) bond motifs is 9. The maximum Gasteiger partial charge on any atom is 0.336 e. The standard InChI is InChI=1S/C45H72N4O9/c1-3-21(19-50)44(55)57-35-17-32-40(54)39-34(53)16-27(20-51)56-42(39)38-31-13-24-12-26(52)7-4-22(24)5-9-29(37-30(31)10-11-48-43(37)47)28-8-6-23-15-36(46)49-18-25(23)14-33(28)45(35,2)58-41(32)38/h3,22-33,35-43,48-52,54H,4-20,46-47H2,1-2H3. The summed E-state index contributed by atoms with van der Waals surface area (Å²) in [5.41, 5.74) is 13.2. The van der Waals surface area contributed by atoms with Crippen LogP contribution >= 0.6 is 0 Å². The van der Waals surface area contributed by atoms with Gasteiger partial charge in [0.05, 0.1) is 67.6 Å². The number of ketones is 1. The molecular formula is C45H72N4O9. The Labute approximate surface area is 344 Å². The Balaban J connectivity index is 1.26. The van der Waals surface area contributed by atoms with Crippen LogP contribution < -0.4 is 22.1 Å². The third kappa shape index (κ3) is 7.16. The topological polar surface area (TPSA) is 219 Å². The minimum atomic E-state index is -1.09. The van der Waals surface area contributed by atoms with E-state index in [1.165, 1.54) is 0 Å². The van der Waals surface area contributed by atoms with Crippen LogP contribution in [0.4, 0.5) is 0 Å². The fraction of sp³-hybridized carbons (Fsp3) is 0.911. The zero-order chi connectivity index (χ0) is 40.6. The lowest BCUT2D eigenvalue weighted by Gasteiger charge is -2.64. The van der Waals surface area contributed by atoms with E-state index >= 15 is 0 Å². The van der Waals surface area contributed by atoms with Crippen molar-refractivity contribution in [2.24, 2.45) is 88.4 Å². The number of hydrogen-bond acceptors (Lipinski definition) is 13. The van der Waals surface area contributed by atoms with Crippen molar-refractivity contribution >= 4 is 11.8 Å². The molecule has 5 heterocycles. The highest BCUT2D eigenvalue weighted by Gasteiger charge is 2.67. The van der Waals surface area contributed by atoms with E-state index in [0.29, 0.717) is 30.1 Å². The number of Topliss-reactive ketones (excluding diaryl/α,β-unsaturated/α-hetero) is 1. The van der Waals surface area contributed by atoms with Gasteiger partial charge in [-0.15, -0.1) is 0 Å². The van der Waals surface area contributed by atoms with Gasteiger partial charge in [-0.05, 0) is 163 Å². The molecule has 5 aliphatic heterocycles. The van der Waals surface area contributed by atoms with Crippen LogP contribution in [0.2, 0.25) is 0 Å². The van der Waals surface area contributed by atoms with Crippen molar-refractivity contribution < 1.29 is 44.2 Å². The van der Waals surface area contributed by atoms with Crippen LogP contribution in [-0.4, -0.2) is 113 Å². The van der Waals surface area contributed by atoms with Gasteiger partial charge in [0.1, 0.15) is 17.5 Å². The number of aliphatic hydroxyl groups excluding tert-OH is 4. The second-order valence-electron chi connectivity index (χ2n) is 20.7. The van der Waals surface area contributed by atoms with Crippen LogP contribution in [0.15, 0.2) is 11.6 Å². The molecule has 326 valence electrons. The third-order valence-corrected chi connectivity index (χ3v) is 18.2. The quantitative estimate of drug-likeness (QED) is 0.151. The fourth-order valence-electron chi connectivity index (χ4n) is 15.5. The second kappa shape index (κ2) is 16.6. The molecule has 22 unspecified atom stereocenters. The highest BCUT2D eigenvalue weighted by molar-refractivity contribution is 5.88. The molecule has 0 aromatic carbocycles. The first-order valence-electron chi connectivity index (χ1n) is 23.2. The van der Waals surface area contributed by atoms with Crippen LogP contribution in [0.3, 0.4) is 0 Å². The normalized spacial score (nSPS) is 53.1. The SMILES string of the molecule is CC=C(CO)C(=O)OC1CC2C(O)C3C(=O)CC(CO)OC3C3C4CC5CC(O)CCC5CCC(C5CCC6CC(N)NCC6CC5C1(C)OC23)C1C(N)NCCC41. The maximum atomic E-state index is 14.3. The predicted molar refractivity (Wildman–Crippen MR) is 214 cm³/mol. The molecule has 0 aromatic heterocycles. The zero-order valence-corrected chi connectivity index (χ0v) is 34.7. The summed E-state index contributed by atoms with van der Waals surface area (Å²) in [7, 11) is 0. The predicted octanol–water partition coefficient (Wildman–Crippen LogP) is 1.97. The number of nitrogens with one attached hydrogen (secondary N) is 2. The third-order valence-electron chi connectivity index (χ3n) is 18.2. The number of hydrogen-bond donors (Lipinski definition) is 8. The largest absolute Gasteiger partial charge is 0.456 e. The van der Waals surface area contributed by atoms with Gasteiger partial charge in [-0.1, -0.05) is 6.08 Å². The second-order valence-corrected chi connectivity index (χ2v) is 20.7. The minimum absolute atomic E-state index is 0.0220. The van der Waals surface area contributed by atoms with Crippen LogP contribution in [0.25, 0.3) is 0 Å². The molecule has 9 aliphatic rings. The molecule has 4 aliphatic carbocycles. The summed E-state index contributed by atoms with van der Waals surface area (Å²) in [6.07, 6.45) is 7.88. The molecule has 0 aromatic rings. The minimum Gasteiger partial charge on any atom is -0.456 e. The van der Waals surface area contributed by atoms with Gasteiger partial charge >= 0.3 is 5.97 Å². The van der Waals surface area contributed by atoms with Gasteiger partial charge in [0.2, 0.25) is 0 Å². The van der Waals surface area contributed by atoms with Crippen molar-refractivity contribution in [1.82, 2.24) is 10.6 Å². The molecule has 13 nitrogen and oxygen atoms in total. The van der Waals surface area contributed by atoms with Crippen molar-refractivity contribution in [1.29, 1.82) is 0 Å². The van der Waals surface area contributed by atoms with E-state index in [4.69, 9.17) is 25.7 Å². The van der Waals surface area contributed by atoms with Crippen molar-refractivity contribution in [2.75, 3.05) is 26.3 Å². The molecule has 22 atom stereocenters. The van der Waals surface area contributed by atoms with E-state index in [1.54, 1.807) is 13.0 Å². The average Bonchev–Trinajstić information content (AvgIpc) is 3.35. The van der Waals surface area contributed by atoms with Crippen molar-refractivity contribution in [3.05, 3.63) is 11.6 Å².